The van der Waals surface area contributed by atoms with E-state index in [1.807, 2.05) is 12.1 Å². The first-order valence-electron chi connectivity index (χ1n) is 15.6. The number of rotatable bonds is 21. The molecule has 0 spiro atoms. The van der Waals surface area contributed by atoms with Gasteiger partial charge in [0.25, 0.3) is 0 Å². The van der Waals surface area contributed by atoms with Crippen LogP contribution >= 0.6 is 8.25 Å². The standard InChI is InChI=1S/C33H59O4P/c1-8-9-10-11-12-13-14-15-16-17-18-19-20-21-22-23-24-36-38(35)37-27-28-25-29(32(2,3)4)31(34)30(26-28)33(5,6)7/h25-26H,8-24,27H2,1-7H3/p+1. The third kappa shape index (κ3) is 15.6. The largest absolute Gasteiger partial charge is 0.697 e. The highest BCUT2D eigenvalue weighted by Crippen LogP contribution is 2.40. The van der Waals surface area contributed by atoms with E-state index in [0.29, 0.717) is 12.4 Å². The molecule has 1 unspecified atom stereocenters. The monoisotopic (exact) mass is 551 g/mol. The van der Waals surface area contributed by atoms with E-state index in [4.69, 9.17) is 9.05 Å². The lowest BCUT2D eigenvalue weighted by atomic mass is 9.78. The number of phenolic OH excluding ortho intramolecular Hbond substituents is 1. The topological polar surface area (TPSA) is 55.8 Å². The van der Waals surface area contributed by atoms with Crippen LogP contribution in [0.1, 0.15) is 168 Å². The van der Waals surface area contributed by atoms with Gasteiger partial charge in [-0.3, -0.25) is 0 Å². The number of benzene rings is 1. The van der Waals surface area contributed by atoms with Crippen molar-refractivity contribution in [2.75, 3.05) is 6.61 Å². The van der Waals surface area contributed by atoms with Crippen molar-refractivity contribution >= 4 is 8.25 Å². The Morgan fingerprint density at radius 3 is 1.37 bits per heavy atom. The van der Waals surface area contributed by atoms with Crippen LogP contribution in [0.25, 0.3) is 0 Å². The van der Waals surface area contributed by atoms with E-state index in [0.717, 1.165) is 29.5 Å². The Labute approximate surface area is 236 Å². The van der Waals surface area contributed by atoms with E-state index < -0.39 is 8.25 Å². The lowest BCUT2D eigenvalue weighted by Gasteiger charge is -2.28. The van der Waals surface area contributed by atoms with Gasteiger partial charge in [0.2, 0.25) is 0 Å². The highest BCUT2D eigenvalue weighted by atomic mass is 31.1. The van der Waals surface area contributed by atoms with Crippen molar-refractivity contribution in [1.82, 2.24) is 0 Å². The molecule has 0 aliphatic rings. The molecule has 0 aliphatic carbocycles. The van der Waals surface area contributed by atoms with E-state index in [1.54, 1.807) is 0 Å². The summed E-state index contributed by atoms with van der Waals surface area (Å²) in [7, 11) is -2.14. The zero-order chi connectivity index (χ0) is 28.4. The van der Waals surface area contributed by atoms with Gasteiger partial charge < -0.3 is 5.11 Å². The summed E-state index contributed by atoms with van der Waals surface area (Å²) in [5, 5.41) is 10.9. The Kier molecular flexibility index (Phi) is 17.7. The first-order valence-corrected chi connectivity index (χ1v) is 16.7. The zero-order valence-electron chi connectivity index (χ0n) is 26.0. The van der Waals surface area contributed by atoms with E-state index in [1.165, 1.54) is 89.9 Å². The zero-order valence-corrected chi connectivity index (χ0v) is 26.9. The van der Waals surface area contributed by atoms with Crippen LogP contribution in [-0.4, -0.2) is 11.7 Å². The molecule has 1 atom stereocenters. The number of phenols is 1. The lowest BCUT2D eigenvalue weighted by molar-refractivity contribution is 0.215. The molecule has 0 bridgehead atoms. The molecule has 0 amide bonds. The van der Waals surface area contributed by atoms with E-state index >= 15 is 0 Å². The van der Waals surface area contributed by atoms with Crippen molar-refractivity contribution in [3.8, 4) is 5.75 Å². The minimum absolute atomic E-state index is 0.202. The molecule has 38 heavy (non-hydrogen) atoms. The molecule has 220 valence electrons. The van der Waals surface area contributed by atoms with E-state index in [-0.39, 0.29) is 17.4 Å². The van der Waals surface area contributed by atoms with Gasteiger partial charge in [0.05, 0.1) is 0 Å². The molecule has 0 aliphatic heterocycles. The van der Waals surface area contributed by atoms with Crippen LogP contribution in [0.3, 0.4) is 0 Å². The van der Waals surface area contributed by atoms with Gasteiger partial charge in [-0.15, -0.1) is 9.05 Å². The molecule has 1 aromatic rings. The Bertz CT molecular complexity index is 741. The summed E-state index contributed by atoms with van der Waals surface area (Å²) in [5.74, 6) is 0.345. The van der Waals surface area contributed by atoms with Gasteiger partial charge in [-0.25, -0.2) is 0 Å². The summed E-state index contributed by atoms with van der Waals surface area (Å²) < 4.78 is 23.2. The second kappa shape index (κ2) is 19.2. The van der Waals surface area contributed by atoms with E-state index in [2.05, 4.69) is 48.5 Å². The average molecular weight is 552 g/mol. The molecule has 0 aromatic heterocycles. The van der Waals surface area contributed by atoms with Crippen molar-refractivity contribution < 1.29 is 18.7 Å². The number of hydrogen-bond acceptors (Lipinski definition) is 4. The molecule has 1 aromatic carbocycles. The van der Waals surface area contributed by atoms with Crippen molar-refractivity contribution in [3.63, 3.8) is 0 Å². The third-order valence-corrected chi connectivity index (χ3v) is 8.05. The number of hydrogen-bond donors (Lipinski definition) is 1. The van der Waals surface area contributed by atoms with E-state index in [9.17, 15) is 9.67 Å². The van der Waals surface area contributed by atoms with Gasteiger partial charge in [-0.05, 0) is 46.1 Å². The van der Waals surface area contributed by atoms with Gasteiger partial charge in [-0.1, -0.05) is 145 Å². The van der Waals surface area contributed by atoms with Crippen LogP contribution in [0.2, 0.25) is 0 Å². The molecule has 0 heterocycles. The first-order chi connectivity index (χ1) is 18.0. The molecule has 0 saturated carbocycles. The second-order valence-corrected chi connectivity index (χ2v) is 14.1. The molecule has 1 rings (SSSR count). The molecular weight excluding hydrogens is 491 g/mol. The maximum Gasteiger partial charge on any atom is 0.697 e. The molecule has 5 heteroatoms. The lowest BCUT2D eigenvalue weighted by Crippen LogP contribution is -2.18. The molecule has 0 radical (unpaired) electrons. The van der Waals surface area contributed by atoms with Gasteiger partial charge in [0, 0.05) is 4.57 Å². The molecular formula is C33H60O4P+. The van der Waals surface area contributed by atoms with Crippen LogP contribution in [0.5, 0.6) is 5.75 Å². The highest BCUT2D eigenvalue weighted by Gasteiger charge is 2.28. The fourth-order valence-corrected chi connectivity index (χ4v) is 5.48. The average Bonchev–Trinajstić information content (AvgIpc) is 2.83. The summed E-state index contributed by atoms with van der Waals surface area (Å²) in [6, 6.07) is 3.92. The predicted molar refractivity (Wildman–Crippen MR) is 163 cm³/mol. The smallest absolute Gasteiger partial charge is 0.507 e. The van der Waals surface area contributed by atoms with Crippen molar-refractivity contribution in [2.45, 2.75) is 169 Å². The maximum atomic E-state index is 12.3. The quantitative estimate of drug-likeness (QED) is 0.122. The maximum absolute atomic E-state index is 12.3. The summed E-state index contributed by atoms with van der Waals surface area (Å²) in [5.41, 5.74) is 2.27. The van der Waals surface area contributed by atoms with Crippen molar-refractivity contribution in [2.24, 2.45) is 0 Å². The predicted octanol–water partition coefficient (Wildman–Crippen LogP) is 11.4. The number of aromatic hydroxyl groups is 1. The third-order valence-electron chi connectivity index (χ3n) is 7.32. The molecule has 0 fully saturated rings. The minimum atomic E-state index is -2.14. The fourth-order valence-electron chi connectivity index (χ4n) is 4.87. The second-order valence-electron chi connectivity index (χ2n) is 13.2. The Morgan fingerprint density at radius 1 is 0.632 bits per heavy atom. The normalized spacial score (nSPS) is 12.8. The van der Waals surface area contributed by atoms with Crippen LogP contribution < -0.4 is 0 Å². The Hall–Kier alpha value is -0.960. The van der Waals surface area contributed by atoms with Crippen LogP contribution in [-0.2, 0) is 31.0 Å². The SMILES string of the molecule is CCCCCCCCCCCCCCCCCCO[P+](=O)OCc1cc(C(C)(C)C)c(O)c(C(C)(C)C)c1. The van der Waals surface area contributed by atoms with Gasteiger partial charge in [0.15, 0.2) is 0 Å². The highest BCUT2D eigenvalue weighted by molar-refractivity contribution is 7.33. The van der Waals surface area contributed by atoms with Crippen molar-refractivity contribution in [3.05, 3.63) is 28.8 Å². The summed E-state index contributed by atoms with van der Waals surface area (Å²) in [6.45, 7) is 15.5. The molecule has 1 N–H and O–H groups in total. The Morgan fingerprint density at radius 2 is 1.00 bits per heavy atom. The van der Waals surface area contributed by atoms with Gasteiger partial charge in [-0.2, -0.15) is 0 Å². The summed E-state index contributed by atoms with van der Waals surface area (Å²) in [4.78, 5) is 0. The minimum Gasteiger partial charge on any atom is -0.507 e. The van der Waals surface area contributed by atoms with Crippen molar-refractivity contribution in [1.29, 1.82) is 0 Å². The van der Waals surface area contributed by atoms with Crippen LogP contribution in [0.4, 0.5) is 0 Å². The van der Waals surface area contributed by atoms with Gasteiger partial charge in [0.1, 0.15) is 19.0 Å². The Balaban J connectivity index is 2.13. The van der Waals surface area contributed by atoms with Crippen LogP contribution in [0.15, 0.2) is 12.1 Å². The fraction of sp³-hybridized carbons (Fsp3) is 0.818. The summed E-state index contributed by atoms with van der Waals surface area (Å²) in [6.07, 6.45) is 21.3. The summed E-state index contributed by atoms with van der Waals surface area (Å²) >= 11 is 0. The van der Waals surface area contributed by atoms with Gasteiger partial charge >= 0.3 is 8.25 Å². The first kappa shape index (κ1) is 35.1. The molecule has 4 nitrogen and oxygen atoms in total. The van der Waals surface area contributed by atoms with Crippen LogP contribution in [0, 0.1) is 0 Å². The number of unbranched alkanes of at least 4 members (excludes halogenated alkanes) is 15. The molecule has 0 saturated heterocycles.